The molecule has 8 heteroatoms. The molecule has 0 aliphatic carbocycles. The smallest absolute Gasteiger partial charge is 0.312 e. The Kier molecular flexibility index (Phi) is 6.80. The van der Waals surface area contributed by atoms with E-state index in [1.807, 2.05) is 0 Å². The predicted molar refractivity (Wildman–Crippen MR) is 66.1 cm³/mol. The van der Waals surface area contributed by atoms with Gasteiger partial charge in [-0.25, -0.2) is 0 Å². The molecule has 17 heavy (non-hydrogen) atoms. The van der Waals surface area contributed by atoms with Gasteiger partial charge in [0.15, 0.2) is 0 Å². The molecule has 0 fully saturated rings. The van der Waals surface area contributed by atoms with Crippen molar-refractivity contribution in [2.24, 2.45) is 5.73 Å². The summed E-state index contributed by atoms with van der Waals surface area (Å²) >= 11 is 4.54. The molecule has 0 aliphatic heterocycles. The van der Waals surface area contributed by atoms with Crippen molar-refractivity contribution in [1.29, 1.82) is 0 Å². The molecule has 0 spiro atoms. The van der Waals surface area contributed by atoms with Crippen molar-refractivity contribution in [3.8, 4) is 0 Å². The van der Waals surface area contributed by atoms with Gasteiger partial charge < -0.3 is 21.3 Å². The van der Waals surface area contributed by atoms with Crippen molar-refractivity contribution in [3.63, 3.8) is 0 Å². The van der Waals surface area contributed by atoms with Crippen LogP contribution in [0.1, 0.15) is 6.92 Å². The molecule has 0 rings (SSSR count). The maximum absolute atomic E-state index is 11.4. The van der Waals surface area contributed by atoms with Crippen LogP contribution in [0.5, 0.6) is 0 Å². The van der Waals surface area contributed by atoms with E-state index in [2.05, 4.69) is 22.9 Å². The van der Waals surface area contributed by atoms with Gasteiger partial charge in [-0.05, 0) is 6.92 Å². The molecule has 3 amide bonds. The van der Waals surface area contributed by atoms with Crippen LogP contribution in [0, 0.1) is 0 Å². The summed E-state index contributed by atoms with van der Waals surface area (Å²) in [4.78, 5) is 35.0. The van der Waals surface area contributed by atoms with E-state index in [0.717, 1.165) is 4.90 Å². The molecule has 0 unspecified atom stereocenters. The molecule has 0 heterocycles. The average molecular weight is 260 g/mol. The summed E-state index contributed by atoms with van der Waals surface area (Å²) in [5.41, 5.74) is 5.16. The fourth-order valence-electron chi connectivity index (χ4n) is 0.957. The predicted octanol–water partition coefficient (Wildman–Crippen LogP) is -2.02. The lowest BCUT2D eigenvalue weighted by Crippen LogP contribution is -2.46. The monoisotopic (exact) mass is 260 g/mol. The Balaban J connectivity index is 4.15. The van der Waals surface area contributed by atoms with Crippen LogP contribution >= 0.6 is 12.2 Å². The molecule has 7 nitrogen and oxygen atoms in total. The van der Waals surface area contributed by atoms with Crippen molar-refractivity contribution >= 4 is 34.9 Å². The second-order valence-electron chi connectivity index (χ2n) is 3.26. The third-order valence-corrected chi connectivity index (χ3v) is 1.86. The molecule has 0 radical (unpaired) electrons. The van der Waals surface area contributed by atoms with E-state index in [1.165, 1.54) is 7.05 Å². The lowest BCUT2D eigenvalue weighted by atomic mass is 10.4. The van der Waals surface area contributed by atoms with Gasteiger partial charge in [-0.15, -0.1) is 0 Å². The maximum atomic E-state index is 11.4. The van der Waals surface area contributed by atoms with Gasteiger partial charge in [0, 0.05) is 13.6 Å². The van der Waals surface area contributed by atoms with Crippen LogP contribution < -0.4 is 16.4 Å². The number of carbonyl (C=O) groups excluding carboxylic acids is 3. The number of nitrogens with two attached hydrogens (primary N) is 1. The van der Waals surface area contributed by atoms with E-state index in [-0.39, 0.29) is 24.0 Å². The number of amides is 3. The van der Waals surface area contributed by atoms with Gasteiger partial charge in [-0.2, -0.15) is 0 Å². The molecule has 0 aliphatic rings. The molecule has 0 saturated carbocycles. The van der Waals surface area contributed by atoms with Crippen LogP contribution in [0.3, 0.4) is 0 Å². The van der Waals surface area contributed by atoms with E-state index < -0.39 is 11.8 Å². The van der Waals surface area contributed by atoms with E-state index in [1.54, 1.807) is 6.92 Å². The van der Waals surface area contributed by atoms with E-state index >= 15 is 0 Å². The highest BCUT2D eigenvalue weighted by atomic mass is 32.1. The zero-order valence-electron chi connectivity index (χ0n) is 9.78. The first-order valence-electron chi connectivity index (χ1n) is 4.96. The van der Waals surface area contributed by atoms with Crippen molar-refractivity contribution in [2.45, 2.75) is 6.92 Å². The number of likely N-dealkylation sites (N-methyl/N-ethyl adjacent to an activating group) is 2. The van der Waals surface area contributed by atoms with Crippen molar-refractivity contribution in [2.75, 3.05) is 26.7 Å². The average Bonchev–Trinajstić information content (AvgIpc) is 2.24. The molecule has 0 aromatic heterocycles. The Labute approximate surface area is 105 Å². The van der Waals surface area contributed by atoms with E-state index in [0.29, 0.717) is 6.54 Å². The van der Waals surface area contributed by atoms with Gasteiger partial charge in [0.05, 0.1) is 18.1 Å². The Morgan fingerprint density at radius 3 is 2.35 bits per heavy atom. The lowest BCUT2D eigenvalue weighted by molar-refractivity contribution is -0.146. The van der Waals surface area contributed by atoms with E-state index in [4.69, 9.17) is 5.73 Å². The first-order valence-corrected chi connectivity index (χ1v) is 5.37. The maximum Gasteiger partial charge on any atom is 0.312 e. The number of hydrogen-bond donors (Lipinski definition) is 3. The van der Waals surface area contributed by atoms with Crippen molar-refractivity contribution in [1.82, 2.24) is 15.5 Å². The number of rotatable bonds is 5. The third-order valence-electron chi connectivity index (χ3n) is 1.72. The molecule has 0 aromatic rings. The van der Waals surface area contributed by atoms with Crippen molar-refractivity contribution in [3.05, 3.63) is 0 Å². The Morgan fingerprint density at radius 1 is 1.29 bits per heavy atom. The molecular formula is C9H16N4O3S. The molecule has 0 aromatic carbocycles. The summed E-state index contributed by atoms with van der Waals surface area (Å²) in [6, 6.07) is 0. The standard InChI is InChI=1S/C9H16N4O3S/c1-3-11-7(14)5-13(2)9(16)8(15)12-4-6(10)17/h3-5H2,1-2H3,(H2,10,17)(H,11,14)(H,12,15). The minimum atomic E-state index is -0.843. The molecule has 0 atom stereocenters. The second kappa shape index (κ2) is 7.55. The van der Waals surface area contributed by atoms with Crippen LogP contribution in [-0.2, 0) is 14.4 Å². The fourth-order valence-corrected chi connectivity index (χ4v) is 1.03. The van der Waals surface area contributed by atoms with Crippen LogP contribution in [-0.4, -0.2) is 54.3 Å². The van der Waals surface area contributed by atoms with Gasteiger partial charge >= 0.3 is 11.8 Å². The summed E-state index contributed by atoms with van der Waals surface area (Å²) in [6.07, 6.45) is 0. The SMILES string of the molecule is CCNC(=O)CN(C)C(=O)C(=O)NCC(N)=S. The number of carbonyl (C=O) groups is 3. The number of nitrogens with zero attached hydrogens (tertiary/aromatic N) is 1. The topological polar surface area (TPSA) is 105 Å². The highest BCUT2D eigenvalue weighted by Gasteiger charge is 2.19. The van der Waals surface area contributed by atoms with Crippen LogP contribution in [0.2, 0.25) is 0 Å². The molecule has 4 N–H and O–H groups in total. The largest absolute Gasteiger partial charge is 0.392 e. The Morgan fingerprint density at radius 2 is 1.88 bits per heavy atom. The fraction of sp³-hybridized carbons (Fsp3) is 0.556. The second-order valence-corrected chi connectivity index (χ2v) is 3.79. The summed E-state index contributed by atoms with van der Waals surface area (Å²) < 4.78 is 0. The normalized spacial score (nSPS) is 9.29. The molecule has 0 bridgehead atoms. The summed E-state index contributed by atoms with van der Waals surface area (Å²) in [5, 5.41) is 4.76. The van der Waals surface area contributed by atoms with Gasteiger partial charge in [-0.3, -0.25) is 14.4 Å². The minimum absolute atomic E-state index is 0.0467. The van der Waals surface area contributed by atoms with Crippen LogP contribution in [0.4, 0.5) is 0 Å². The number of nitrogens with one attached hydrogen (secondary N) is 2. The van der Waals surface area contributed by atoms with Crippen LogP contribution in [0.15, 0.2) is 0 Å². The zero-order chi connectivity index (χ0) is 13.4. The minimum Gasteiger partial charge on any atom is -0.392 e. The summed E-state index contributed by atoms with van der Waals surface area (Å²) in [7, 11) is 1.36. The Bertz CT molecular complexity index is 332. The highest BCUT2D eigenvalue weighted by molar-refractivity contribution is 7.80. The van der Waals surface area contributed by atoms with Crippen LogP contribution in [0.25, 0.3) is 0 Å². The number of hydrogen-bond acceptors (Lipinski definition) is 4. The lowest BCUT2D eigenvalue weighted by Gasteiger charge is -2.15. The first-order chi connectivity index (χ1) is 7.88. The third kappa shape index (κ3) is 6.46. The van der Waals surface area contributed by atoms with Gasteiger partial charge in [0.25, 0.3) is 0 Å². The zero-order valence-corrected chi connectivity index (χ0v) is 10.6. The first kappa shape index (κ1) is 15.3. The highest BCUT2D eigenvalue weighted by Crippen LogP contribution is 1.85. The van der Waals surface area contributed by atoms with Gasteiger partial charge in [-0.1, -0.05) is 12.2 Å². The van der Waals surface area contributed by atoms with Crippen molar-refractivity contribution < 1.29 is 14.4 Å². The quantitative estimate of drug-likeness (QED) is 0.391. The molecule has 96 valence electrons. The summed E-state index contributed by atoms with van der Waals surface area (Å²) in [5.74, 6) is -1.98. The molecular weight excluding hydrogens is 244 g/mol. The van der Waals surface area contributed by atoms with E-state index in [9.17, 15) is 14.4 Å². The molecule has 0 saturated heterocycles. The van der Waals surface area contributed by atoms with Gasteiger partial charge in [0.1, 0.15) is 0 Å². The number of thiocarbonyl (C=S) groups is 1. The van der Waals surface area contributed by atoms with Gasteiger partial charge in [0.2, 0.25) is 5.91 Å². The Hall–Kier alpha value is -1.70. The summed E-state index contributed by atoms with van der Waals surface area (Å²) in [6.45, 7) is 2.01.